The van der Waals surface area contributed by atoms with Crippen LogP contribution < -0.4 is 5.32 Å². The average molecular weight is 1040 g/mol. The summed E-state index contributed by atoms with van der Waals surface area (Å²) >= 11 is 0. The number of carbonyl (C=O) groups is 2. The van der Waals surface area contributed by atoms with Gasteiger partial charge in [0.05, 0.1) is 25.4 Å². The van der Waals surface area contributed by atoms with Gasteiger partial charge in [-0.2, -0.15) is 0 Å². The summed E-state index contributed by atoms with van der Waals surface area (Å²) in [5.41, 5.74) is 0. The van der Waals surface area contributed by atoms with Gasteiger partial charge in [0.25, 0.3) is 0 Å². The fourth-order valence-electron chi connectivity index (χ4n) is 10.0. The van der Waals surface area contributed by atoms with E-state index in [0.717, 1.165) is 64.2 Å². The van der Waals surface area contributed by atoms with Crippen LogP contribution >= 0.6 is 0 Å². The van der Waals surface area contributed by atoms with Crippen molar-refractivity contribution < 1.29 is 24.5 Å². The molecule has 0 aliphatic rings. The Hall–Kier alpha value is -2.18. The van der Waals surface area contributed by atoms with Crippen LogP contribution in [0.3, 0.4) is 0 Å². The lowest BCUT2D eigenvalue weighted by Gasteiger charge is -2.20. The number of aliphatic hydroxyl groups is 2. The molecule has 2 atom stereocenters. The molecule has 0 aromatic heterocycles. The van der Waals surface area contributed by atoms with Crippen LogP contribution in [0.2, 0.25) is 0 Å². The van der Waals surface area contributed by atoms with Gasteiger partial charge in [-0.05, 0) is 89.9 Å². The van der Waals surface area contributed by atoms with Crippen LogP contribution in [0.4, 0.5) is 0 Å². The van der Waals surface area contributed by atoms with Crippen molar-refractivity contribution in [3.63, 3.8) is 0 Å². The molecule has 0 radical (unpaired) electrons. The van der Waals surface area contributed by atoms with Gasteiger partial charge in [0.1, 0.15) is 0 Å². The molecule has 74 heavy (non-hydrogen) atoms. The van der Waals surface area contributed by atoms with Crippen molar-refractivity contribution in [1.82, 2.24) is 5.32 Å². The Kier molecular flexibility index (Phi) is 61.5. The Morgan fingerprint density at radius 2 is 0.676 bits per heavy atom. The lowest BCUT2D eigenvalue weighted by Crippen LogP contribution is -2.45. The highest BCUT2D eigenvalue weighted by Crippen LogP contribution is 2.17. The third-order valence-electron chi connectivity index (χ3n) is 15.1. The van der Waals surface area contributed by atoms with Crippen molar-refractivity contribution in [3.8, 4) is 0 Å². The Balaban J connectivity index is 3.49. The zero-order valence-corrected chi connectivity index (χ0v) is 49.6. The first-order valence-corrected chi connectivity index (χ1v) is 32.9. The predicted octanol–water partition coefficient (Wildman–Crippen LogP) is 20.9. The molecule has 6 nitrogen and oxygen atoms in total. The van der Waals surface area contributed by atoms with E-state index >= 15 is 0 Å². The van der Waals surface area contributed by atoms with Gasteiger partial charge in [-0.15, -0.1) is 0 Å². The van der Waals surface area contributed by atoms with Crippen LogP contribution in [-0.2, 0) is 14.3 Å². The third-order valence-corrected chi connectivity index (χ3v) is 15.1. The molecular formula is C68H127NO5. The number of allylic oxidation sites excluding steroid dienone is 7. The summed E-state index contributed by atoms with van der Waals surface area (Å²) in [6, 6.07) is -0.637. The lowest BCUT2D eigenvalue weighted by molar-refractivity contribution is -0.143. The number of aliphatic hydroxyl groups excluding tert-OH is 2. The molecule has 0 spiro atoms. The highest BCUT2D eigenvalue weighted by molar-refractivity contribution is 5.76. The number of amides is 1. The summed E-state index contributed by atoms with van der Waals surface area (Å²) in [4.78, 5) is 24.5. The molecule has 0 aromatic rings. The second-order valence-electron chi connectivity index (χ2n) is 22.4. The summed E-state index contributed by atoms with van der Waals surface area (Å²) in [7, 11) is 0. The maximum absolute atomic E-state index is 12.5. The molecule has 0 bridgehead atoms. The minimum Gasteiger partial charge on any atom is -0.466 e. The van der Waals surface area contributed by atoms with Gasteiger partial charge in [0.15, 0.2) is 0 Å². The molecule has 3 N–H and O–H groups in total. The molecule has 1 amide bonds. The first-order valence-electron chi connectivity index (χ1n) is 32.9. The molecule has 0 saturated heterocycles. The molecule has 0 aliphatic carbocycles. The van der Waals surface area contributed by atoms with E-state index in [2.05, 4.69) is 55.6 Å². The summed E-state index contributed by atoms with van der Waals surface area (Å²) < 4.78 is 5.46. The molecule has 0 rings (SSSR count). The fourth-order valence-corrected chi connectivity index (χ4v) is 10.0. The van der Waals surface area contributed by atoms with Crippen molar-refractivity contribution in [1.29, 1.82) is 0 Å². The van der Waals surface area contributed by atoms with Crippen LogP contribution in [0.5, 0.6) is 0 Å². The van der Waals surface area contributed by atoms with Crippen LogP contribution in [0.1, 0.15) is 348 Å². The SMILES string of the molecule is CCCCC/C=C\CCCCCCCC(=O)OCCCCCCCCCCC/C=C\C/C=C\CCCCCCCCCC(=O)NC(CO)C(O)/C=C/CCCCCCCCCCCCCCCCCCCCCC. The second kappa shape index (κ2) is 63.4. The van der Waals surface area contributed by atoms with Gasteiger partial charge in [-0.3, -0.25) is 9.59 Å². The minimum atomic E-state index is -0.853. The smallest absolute Gasteiger partial charge is 0.305 e. The van der Waals surface area contributed by atoms with Gasteiger partial charge in [-0.25, -0.2) is 0 Å². The number of hydrogen-bond acceptors (Lipinski definition) is 5. The van der Waals surface area contributed by atoms with Crippen LogP contribution in [-0.4, -0.2) is 47.4 Å². The highest BCUT2D eigenvalue weighted by Gasteiger charge is 2.18. The average Bonchev–Trinajstić information content (AvgIpc) is 3.40. The zero-order chi connectivity index (χ0) is 53.6. The number of rotatable bonds is 61. The normalized spacial score (nSPS) is 12.9. The van der Waals surface area contributed by atoms with Crippen molar-refractivity contribution in [3.05, 3.63) is 48.6 Å². The van der Waals surface area contributed by atoms with Crippen molar-refractivity contribution >= 4 is 11.9 Å². The first-order chi connectivity index (χ1) is 36.5. The molecule has 434 valence electrons. The van der Waals surface area contributed by atoms with Gasteiger partial charge in [-0.1, -0.05) is 294 Å². The number of nitrogens with one attached hydrogen (secondary N) is 1. The quantitative estimate of drug-likeness (QED) is 0.0320. The van der Waals surface area contributed by atoms with Crippen molar-refractivity contribution in [2.24, 2.45) is 0 Å². The van der Waals surface area contributed by atoms with Gasteiger partial charge < -0.3 is 20.3 Å². The topological polar surface area (TPSA) is 95.9 Å². The standard InChI is InChI=1S/C68H127NO5/c1-3-5-7-9-11-13-15-17-18-19-20-21-25-28-31-34-37-40-44-48-52-56-60-66(71)65(64-70)69-67(72)61-57-53-49-45-41-38-35-32-29-26-23-22-24-27-30-33-36-39-43-47-51-55-59-63-74-68(73)62-58-54-50-46-42-16-14-12-10-8-6-4-2/h12,14,22,24,26,29,56,60,65-66,70-71H,3-11,13,15-21,23,25,27-28,30-55,57-59,61-64H2,1-2H3,(H,69,72)/b14-12-,24-22-,29-26-,60-56+. The molecule has 0 saturated carbocycles. The van der Waals surface area contributed by atoms with E-state index in [1.54, 1.807) is 6.08 Å². The highest BCUT2D eigenvalue weighted by atomic mass is 16.5. The van der Waals surface area contributed by atoms with Crippen LogP contribution in [0.15, 0.2) is 48.6 Å². The van der Waals surface area contributed by atoms with Crippen molar-refractivity contribution in [2.75, 3.05) is 13.2 Å². The molecule has 0 fully saturated rings. The maximum atomic E-state index is 12.5. The van der Waals surface area contributed by atoms with E-state index in [9.17, 15) is 19.8 Å². The summed E-state index contributed by atoms with van der Waals surface area (Å²) in [6.45, 7) is 4.89. The van der Waals surface area contributed by atoms with Crippen molar-refractivity contribution in [2.45, 2.75) is 360 Å². The Morgan fingerprint density at radius 3 is 1.07 bits per heavy atom. The van der Waals surface area contributed by atoms with Gasteiger partial charge in [0.2, 0.25) is 5.91 Å². The van der Waals surface area contributed by atoms with E-state index in [-0.39, 0.29) is 18.5 Å². The summed E-state index contributed by atoms with van der Waals surface area (Å²) in [5.74, 6) is -0.0797. The molecule has 2 unspecified atom stereocenters. The van der Waals surface area contributed by atoms with E-state index in [1.165, 1.54) is 257 Å². The van der Waals surface area contributed by atoms with Gasteiger partial charge in [0, 0.05) is 12.8 Å². The summed E-state index contributed by atoms with van der Waals surface area (Å²) in [6.07, 6.45) is 81.6. The molecular weight excluding hydrogens is 911 g/mol. The minimum absolute atomic E-state index is 0.00367. The number of esters is 1. The Morgan fingerprint density at radius 1 is 0.378 bits per heavy atom. The number of carbonyl (C=O) groups excluding carboxylic acids is 2. The Bertz CT molecular complexity index is 1240. The third kappa shape index (κ3) is 59.1. The lowest BCUT2D eigenvalue weighted by atomic mass is 10.0. The maximum Gasteiger partial charge on any atom is 0.305 e. The molecule has 0 aliphatic heterocycles. The monoisotopic (exact) mass is 1040 g/mol. The predicted molar refractivity (Wildman–Crippen MR) is 324 cm³/mol. The van der Waals surface area contributed by atoms with E-state index in [0.29, 0.717) is 19.4 Å². The Labute approximate surface area is 461 Å². The zero-order valence-electron chi connectivity index (χ0n) is 49.6. The van der Waals surface area contributed by atoms with Gasteiger partial charge >= 0.3 is 5.97 Å². The number of ether oxygens (including phenoxy) is 1. The molecule has 0 heterocycles. The second-order valence-corrected chi connectivity index (χ2v) is 22.4. The first kappa shape index (κ1) is 71.8. The largest absolute Gasteiger partial charge is 0.466 e. The fraction of sp³-hybridized carbons (Fsp3) is 0.853. The summed E-state index contributed by atoms with van der Waals surface area (Å²) in [5, 5.41) is 23.2. The van der Waals surface area contributed by atoms with E-state index < -0.39 is 12.1 Å². The molecule has 0 aromatic carbocycles. The van der Waals surface area contributed by atoms with Crippen LogP contribution in [0.25, 0.3) is 0 Å². The van der Waals surface area contributed by atoms with E-state index in [1.807, 2.05) is 6.08 Å². The number of hydrogen-bond donors (Lipinski definition) is 3. The van der Waals surface area contributed by atoms with E-state index in [4.69, 9.17) is 4.74 Å². The molecule has 6 heteroatoms. The van der Waals surface area contributed by atoms with Crippen LogP contribution in [0, 0.1) is 0 Å². The number of unbranched alkanes of at least 4 members (excludes halogenated alkanes) is 44.